The number of methoxy groups -OCH3 is 2. The Hall–Kier alpha value is -2.64. The number of carbonyl (C=O) groups is 1. The van der Waals surface area contributed by atoms with Gasteiger partial charge in [-0.15, -0.1) is 0 Å². The maximum Gasteiger partial charge on any atom is 0.325 e. The van der Waals surface area contributed by atoms with E-state index in [1.54, 1.807) is 38.6 Å². The number of piperazine rings is 1. The molecule has 2 heterocycles. The molecular formula is C20H25N3O4. The van der Waals surface area contributed by atoms with E-state index in [0.717, 1.165) is 25.3 Å². The smallest absolute Gasteiger partial charge is 0.325 e. The van der Waals surface area contributed by atoms with Crippen molar-refractivity contribution < 1.29 is 19.4 Å². The number of ether oxygens (including phenoxy) is 2. The number of rotatable bonds is 7. The van der Waals surface area contributed by atoms with Gasteiger partial charge in [0, 0.05) is 50.6 Å². The fourth-order valence-electron chi connectivity index (χ4n) is 3.43. The third-order valence-corrected chi connectivity index (χ3v) is 4.85. The van der Waals surface area contributed by atoms with Crippen LogP contribution in [0.1, 0.15) is 17.3 Å². The summed E-state index contributed by atoms with van der Waals surface area (Å²) in [6.07, 6.45) is 1.79. The predicted octanol–water partition coefficient (Wildman–Crippen LogP) is 2.04. The van der Waals surface area contributed by atoms with E-state index in [-0.39, 0.29) is 0 Å². The van der Waals surface area contributed by atoms with Crippen molar-refractivity contribution in [1.29, 1.82) is 0 Å². The molecule has 27 heavy (non-hydrogen) atoms. The summed E-state index contributed by atoms with van der Waals surface area (Å²) in [5.41, 5.74) is 1.67. The summed E-state index contributed by atoms with van der Waals surface area (Å²) in [7, 11) is 3.12. The minimum absolute atomic E-state index is 0.526. The SMILES string of the molecule is COc1ccc([C@H](C(=O)O)N2CCN(Cc3ccccn3)CC2)c(OC)c1. The number of nitrogens with zero attached hydrogens (tertiary/aromatic N) is 3. The highest BCUT2D eigenvalue weighted by molar-refractivity contribution is 5.77. The van der Waals surface area contributed by atoms with Gasteiger partial charge in [0.2, 0.25) is 0 Å². The second-order valence-corrected chi connectivity index (χ2v) is 6.48. The molecule has 1 saturated heterocycles. The van der Waals surface area contributed by atoms with Crippen LogP contribution >= 0.6 is 0 Å². The van der Waals surface area contributed by atoms with E-state index in [1.807, 2.05) is 23.1 Å². The van der Waals surface area contributed by atoms with Crippen LogP contribution in [-0.2, 0) is 11.3 Å². The Morgan fingerprint density at radius 3 is 2.52 bits per heavy atom. The van der Waals surface area contributed by atoms with Crippen molar-refractivity contribution in [2.75, 3.05) is 40.4 Å². The lowest BCUT2D eigenvalue weighted by Crippen LogP contribution is -2.49. The molecule has 3 rings (SSSR count). The van der Waals surface area contributed by atoms with Gasteiger partial charge in [-0.1, -0.05) is 6.07 Å². The van der Waals surface area contributed by atoms with Crippen LogP contribution < -0.4 is 9.47 Å². The van der Waals surface area contributed by atoms with Gasteiger partial charge < -0.3 is 14.6 Å². The predicted molar refractivity (Wildman–Crippen MR) is 101 cm³/mol. The van der Waals surface area contributed by atoms with E-state index < -0.39 is 12.0 Å². The Bertz CT molecular complexity index is 761. The zero-order chi connectivity index (χ0) is 19.2. The van der Waals surface area contributed by atoms with Crippen molar-refractivity contribution in [3.8, 4) is 11.5 Å². The van der Waals surface area contributed by atoms with Gasteiger partial charge >= 0.3 is 5.97 Å². The first kappa shape index (κ1) is 19.1. The highest BCUT2D eigenvalue weighted by Gasteiger charge is 2.32. The first-order valence-electron chi connectivity index (χ1n) is 8.93. The molecule has 0 spiro atoms. The molecule has 1 fully saturated rings. The highest BCUT2D eigenvalue weighted by atomic mass is 16.5. The average Bonchev–Trinajstić information content (AvgIpc) is 2.70. The number of pyridine rings is 1. The molecule has 1 aliphatic rings. The molecule has 1 N–H and O–H groups in total. The van der Waals surface area contributed by atoms with Gasteiger partial charge in [-0.2, -0.15) is 0 Å². The van der Waals surface area contributed by atoms with E-state index in [9.17, 15) is 9.90 Å². The summed E-state index contributed by atoms with van der Waals surface area (Å²) < 4.78 is 10.6. The normalized spacial score (nSPS) is 16.7. The van der Waals surface area contributed by atoms with Gasteiger partial charge in [-0.05, 0) is 24.3 Å². The largest absolute Gasteiger partial charge is 0.497 e. The number of carboxylic acids is 1. The van der Waals surface area contributed by atoms with Crippen molar-refractivity contribution >= 4 is 5.97 Å². The third kappa shape index (κ3) is 4.56. The highest BCUT2D eigenvalue weighted by Crippen LogP contribution is 2.33. The molecule has 2 aromatic rings. The van der Waals surface area contributed by atoms with Crippen LogP contribution in [0.5, 0.6) is 11.5 Å². The molecule has 1 aliphatic heterocycles. The van der Waals surface area contributed by atoms with Gasteiger partial charge in [0.05, 0.1) is 19.9 Å². The van der Waals surface area contributed by atoms with Crippen molar-refractivity contribution in [3.63, 3.8) is 0 Å². The lowest BCUT2D eigenvalue weighted by atomic mass is 10.0. The molecule has 0 saturated carbocycles. The maximum absolute atomic E-state index is 12.0. The number of hydrogen-bond acceptors (Lipinski definition) is 6. The van der Waals surface area contributed by atoms with Crippen LogP contribution in [0.3, 0.4) is 0 Å². The van der Waals surface area contributed by atoms with E-state index >= 15 is 0 Å². The fraction of sp³-hybridized carbons (Fsp3) is 0.400. The average molecular weight is 371 g/mol. The third-order valence-electron chi connectivity index (χ3n) is 4.85. The topological polar surface area (TPSA) is 75.1 Å². The molecule has 0 aliphatic carbocycles. The van der Waals surface area contributed by atoms with Gasteiger partial charge in [0.15, 0.2) is 0 Å². The quantitative estimate of drug-likeness (QED) is 0.798. The molecule has 7 heteroatoms. The van der Waals surface area contributed by atoms with Crippen molar-refractivity contribution in [2.45, 2.75) is 12.6 Å². The van der Waals surface area contributed by atoms with Gasteiger partial charge in [0.1, 0.15) is 17.5 Å². The van der Waals surface area contributed by atoms with Crippen LogP contribution in [0.25, 0.3) is 0 Å². The van der Waals surface area contributed by atoms with Crippen LogP contribution in [0.15, 0.2) is 42.6 Å². The molecule has 0 unspecified atom stereocenters. The molecule has 7 nitrogen and oxygen atoms in total. The van der Waals surface area contributed by atoms with E-state index in [2.05, 4.69) is 9.88 Å². The lowest BCUT2D eigenvalue weighted by Gasteiger charge is -2.38. The fourth-order valence-corrected chi connectivity index (χ4v) is 3.43. The first-order chi connectivity index (χ1) is 13.1. The molecule has 1 aromatic carbocycles. The second kappa shape index (κ2) is 8.83. The number of benzene rings is 1. The molecule has 1 aromatic heterocycles. The van der Waals surface area contributed by atoms with Crippen LogP contribution in [-0.4, -0.2) is 66.3 Å². The molecule has 144 valence electrons. The molecular weight excluding hydrogens is 346 g/mol. The minimum Gasteiger partial charge on any atom is -0.497 e. The molecule has 0 bridgehead atoms. The Balaban J connectivity index is 1.71. The first-order valence-corrected chi connectivity index (χ1v) is 8.93. The van der Waals surface area contributed by atoms with Crippen LogP contribution in [0.2, 0.25) is 0 Å². The van der Waals surface area contributed by atoms with Crippen molar-refractivity contribution in [2.24, 2.45) is 0 Å². The Kier molecular flexibility index (Phi) is 6.26. The Labute approximate surface area is 159 Å². The van der Waals surface area contributed by atoms with Crippen molar-refractivity contribution in [1.82, 2.24) is 14.8 Å². The minimum atomic E-state index is -0.878. The standard InChI is InChI=1S/C20H25N3O4/c1-26-16-6-7-17(18(13-16)27-2)19(20(24)25)23-11-9-22(10-12-23)14-15-5-3-4-8-21-15/h3-8,13,19H,9-12,14H2,1-2H3,(H,24,25)/t19-/m1/s1. The monoisotopic (exact) mass is 371 g/mol. The second-order valence-electron chi connectivity index (χ2n) is 6.48. The van der Waals surface area contributed by atoms with Crippen LogP contribution in [0.4, 0.5) is 0 Å². The summed E-state index contributed by atoms with van der Waals surface area (Å²) in [6, 6.07) is 10.4. The summed E-state index contributed by atoms with van der Waals surface area (Å²) in [5, 5.41) is 9.87. The van der Waals surface area contributed by atoms with Crippen molar-refractivity contribution in [3.05, 3.63) is 53.9 Å². The van der Waals surface area contributed by atoms with Gasteiger partial charge in [0.25, 0.3) is 0 Å². The number of aromatic nitrogens is 1. The summed E-state index contributed by atoms with van der Waals surface area (Å²) in [6.45, 7) is 3.69. The van der Waals surface area contributed by atoms with E-state index in [0.29, 0.717) is 30.2 Å². The Morgan fingerprint density at radius 2 is 1.93 bits per heavy atom. The zero-order valence-corrected chi connectivity index (χ0v) is 15.7. The zero-order valence-electron chi connectivity index (χ0n) is 15.7. The summed E-state index contributed by atoms with van der Waals surface area (Å²) in [5.74, 6) is 0.286. The maximum atomic E-state index is 12.0. The number of aliphatic carboxylic acids is 1. The van der Waals surface area contributed by atoms with Gasteiger partial charge in [-0.25, -0.2) is 0 Å². The summed E-state index contributed by atoms with van der Waals surface area (Å²) >= 11 is 0. The number of hydrogen-bond donors (Lipinski definition) is 1. The molecule has 1 atom stereocenters. The lowest BCUT2D eigenvalue weighted by molar-refractivity contribution is -0.144. The molecule has 0 amide bonds. The molecule has 0 radical (unpaired) electrons. The van der Waals surface area contributed by atoms with E-state index in [4.69, 9.17) is 9.47 Å². The number of carboxylic acid groups (broad SMARTS) is 1. The summed E-state index contributed by atoms with van der Waals surface area (Å²) in [4.78, 5) is 20.7. The Morgan fingerprint density at radius 1 is 1.15 bits per heavy atom. The van der Waals surface area contributed by atoms with Gasteiger partial charge in [-0.3, -0.25) is 19.6 Å². The van der Waals surface area contributed by atoms with E-state index in [1.165, 1.54) is 0 Å². The van der Waals surface area contributed by atoms with Crippen LogP contribution in [0, 0.1) is 0 Å².